The van der Waals surface area contributed by atoms with Crippen LogP contribution in [0.1, 0.15) is 22.3 Å². The second-order valence-corrected chi connectivity index (χ2v) is 9.63. The number of nitro benzene ring substituents is 1. The van der Waals surface area contributed by atoms with Crippen molar-refractivity contribution in [2.24, 2.45) is 23.7 Å². The zero-order valence-electron chi connectivity index (χ0n) is 20.1. The van der Waals surface area contributed by atoms with Crippen molar-refractivity contribution in [1.82, 2.24) is 0 Å². The summed E-state index contributed by atoms with van der Waals surface area (Å²) in [6.07, 6.45) is 4.99. The summed E-state index contributed by atoms with van der Waals surface area (Å²) >= 11 is 0. The van der Waals surface area contributed by atoms with E-state index in [1.54, 1.807) is 48.5 Å². The molecule has 6 rings (SSSR count). The van der Waals surface area contributed by atoms with Gasteiger partial charge in [0.05, 0.1) is 28.0 Å². The first-order valence-electron chi connectivity index (χ1n) is 12.2. The van der Waals surface area contributed by atoms with E-state index in [0.29, 0.717) is 22.7 Å². The van der Waals surface area contributed by atoms with Gasteiger partial charge in [-0.25, -0.2) is 4.79 Å². The lowest BCUT2D eigenvalue weighted by molar-refractivity contribution is -0.384. The fourth-order valence-corrected chi connectivity index (χ4v) is 5.56. The fourth-order valence-electron chi connectivity index (χ4n) is 5.56. The lowest BCUT2D eigenvalue weighted by Crippen LogP contribution is -2.32. The summed E-state index contributed by atoms with van der Waals surface area (Å²) in [7, 11) is 0. The van der Waals surface area contributed by atoms with Gasteiger partial charge >= 0.3 is 5.97 Å². The highest BCUT2D eigenvalue weighted by atomic mass is 16.6. The lowest BCUT2D eigenvalue weighted by Gasteiger charge is -2.17. The highest BCUT2D eigenvalue weighted by molar-refractivity contribution is 6.22. The van der Waals surface area contributed by atoms with Crippen LogP contribution in [0.2, 0.25) is 0 Å². The number of hydrogen-bond acceptors (Lipinski definition) is 7. The van der Waals surface area contributed by atoms with E-state index in [1.165, 1.54) is 29.2 Å². The monoisotopic (exact) mass is 510 g/mol. The molecule has 3 aromatic carbocycles. The van der Waals surface area contributed by atoms with Gasteiger partial charge in [-0.3, -0.25) is 24.6 Å². The minimum absolute atomic E-state index is 0.0197. The number of hydrogen-bond donors (Lipinski definition) is 0. The van der Waals surface area contributed by atoms with Crippen LogP contribution in [0.3, 0.4) is 0 Å². The number of carbonyl (C=O) groups excluding carboxylic acids is 3. The third-order valence-electron chi connectivity index (χ3n) is 7.41. The SMILES string of the molecule is O=C(OCc1ccc(Oc2ccc([N+](=O)[O-])cc2)cc1)c1ccc(N2C(=O)[C@H]3[C@H](C2=O)[C@H]2C=C[C@H]3C2)cc1. The van der Waals surface area contributed by atoms with Crippen molar-refractivity contribution >= 4 is 29.2 Å². The molecule has 0 unspecified atom stereocenters. The van der Waals surface area contributed by atoms with Crippen LogP contribution in [0.5, 0.6) is 11.5 Å². The molecule has 190 valence electrons. The van der Waals surface area contributed by atoms with Crippen molar-refractivity contribution in [1.29, 1.82) is 0 Å². The molecule has 2 fully saturated rings. The molecule has 2 aliphatic carbocycles. The van der Waals surface area contributed by atoms with E-state index in [2.05, 4.69) is 12.2 Å². The number of anilines is 1. The Morgan fingerprint density at radius 2 is 1.39 bits per heavy atom. The second kappa shape index (κ2) is 9.26. The largest absolute Gasteiger partial charge is 0.457 e. The molecule has 2 bridgehead atoms. The molecule has 4 atom stereocenters. The number of esters is 1. The van der Waals surface area contributed by atoms with E-state index >= 15 is 0 Å². The van der Waals surface area contributed by atoms with Gasteiger partial charge in [0.25, 0.3) is 5.69 Å². The number of rotatable bonds is 7. The lowest BCUT2D eigenvalue weighted by atomic mass is 9.85. The first kappa shape index (κ1) is 23.6. The van der Waals surface area contributed by atoms with Gasteiger partial charge in [0.1, 0.15) is 18.1 Å². The Morgan fingerprint density at radius 3 is 1.95 bits per heavy atom. The van der Waals surface area contributed by atoms with Crippen molar-refractivity contribution in [3.05, 3.63) is 106 Å². The average molecular weight is 511 g/mol. The Kier molecular flexibility index (Phi) is 5.75. The number of nitro groups is 1. The Hall–Kier alpha value is -4.79. The van der Waals surface area contributed by atoms with Crippen LogP contribution in [0.25, 0.3) is 0 Å². The van der Waals surface area contributed by atoms with Crippen LogP contribution in [-0.4, -0.2) is 22.7 Å². The molecule has 3 aliphatic rings. The van der Waals surface area contributed by atoms with E-state index in [9.17, 15) is 24.5 Å². The van der Waals surface area contributed by atoms with Crippen LogP contribution in [0.4, 0.5) is 11.4 Å². The van der Waals surface area contributed by atoms with Crippen LogP contribution >= 0.6 is 0 Å². The third kappa shape index (κ3) is 4.11. The molecule has 2 amide bonds. The summed E-state index contributed by atoms with van der Waals surface area (Å²) in [5.74, 6) is -0.109. The summed E-state index contributed by atoms with van der Waals surface area (Å²) in [6.45, 7) is 0.0423. The molecule has 38 heavy (non-hydrogen) atoms. The van der Waals surface area contributed by atoms with E-state index in [1.807, 2.05) is 0 Å². The van der Waals surface area contributed by atoms with Gasteiger partial charge in [-0.15, -0.1) is 0 Å². The number of amides is 2. The topological polar surface area (TPSA) is 116 Å². The standard InChI is InChI=1S/C29H22N2O7/c32-27-25-19-3-4-20(15-19)26(25)28(33)30(27)21-7-5-18(6-8-21)29(34)37-16-17-1-11-23(12-2-17)38-24-13-9-22(10-14-24)31(35)36/h1-14,19-20,25-26H,15-16H2/t19-,20-,25+,26+/m0/s1. The fraction of sp³-hybridized carbons (Fsp3) is 0.207. The van der Waals surface area contributed by atoms with Gasteiger partial charge < -0.3 is 9.47 Å². The van der Waals surface area contributed by atoms with Crippen LogP contribution < -0.4 is 9.64 Å². The molecule has 0 radical (unpaired) electrons. The maximum Gasteiger partial charge on any atom is 0.338 e. The molecule has 9 nitrogen and oxygen atoms in total. The second-order valence-electron chi connectivity index (χ2n) is 9.63. The minimum atomic E-state index is -0.527. The van der Waals surface area contributed by atoms with E-state index in [4.69, 9.17) is 9.47 Å². The van der Waals surface area contributed by atoms with Gasteiger partial charge in [-0.1, -0.05) is 24.3 Å². The molecule has 9 heteroatoms. The first-order valence-corrected chi connectivity index (χ1v) is 12.2. The van der Waals surface area contributed by atoms with Crippen molar-refractivity contribution in [2.75, 3.05) is 4.90 Å². The molecule has 0 spiro atoms. The van der Waals surface area contributed by atoms with Gasteiger partial charge in [-0.05, 0) is 72.4 Å². The third-order valence-corrected chi connectivity index (χ3v) is 7.41. The van der Waals surface area contributed by atoms with Crippen LogP contribution in [0.15, 0.2) is 84.9 Å². The Balaban J connectivity index is 1.04. The average Bonchev–Trinajstić information content (AvgIpc) is 3.62. The Bertz CT molecular complexity index is 1430. The number of imide groups is 1. The summed E-state index contributed by atoms with van der Waals surface area (Å²) < 4.78 is 11.1. The van der Waals surface area contributed by atoms with Crippen molar-refractivity contribution in [3.63, 3.8) is 0 Å². The zero-order chi connectivity index (χ0) is 26.4. The summed E-state index contributed by atoms with van der Waals surface area (Å²) in [5, 5.41) is 10.8. The molecule has 1 saturated carbocycles. The summed E-state index contributed by atoms with van der Waals surface area (Å²) in [5.41, 5.74) is 1.50. The highest BCUT2D eigenvalue weighted by Gasteiger charge is 2.59. The Labute approximate surface area is 217 Å². The van der Waals surface area contributed by atoms with Crippen LogP contribution in [0, 0.1) is 33.8 Å². The molecule has 1 heterocycles. The molecule has 1 aliphatic heterocycles. The van der Waals surface area contributed by atoms with Gasteiger partial charge in [-0.2, -0.15) is 0 Å². The Morgan fingerprint density at radius 1 is 0.842 bits per heavy atom. The summed E-state index contributed by atoms with van der Waals surface area (Å²) in [4.78, 5) is 50.1. The maximum absolute atomic E-state index is 13.0. The van der Waals surface area contributed by atoms with Crippen molar-refractivity contribution in [3.8, 4) is 11.5 Å². The van der Waals surface area contributed by atoms with E-state index < -0.39 is 10.9 Å². The first-order chi connectivity index (χ1) is 18.4. The molecule has 0 aromatic heterocycles. The molecular formula is C29H22N2O7. The predicted molar refractivity (Wildman–Crippen MR) is 135 cm³/mol. The molecule has 3 aromatic rings. The maximum atomic E-state index is 13.0. The van der Waals surface area contributed by atoms with E-state index in [0.717, 1.165) is 12.0 Å². The van der Waals surface area contributed by atoms with Crippen molar-refractivity contribution < 1.29 is 28.8 Å². The normalized spacial score (nSPS) is 23.0. The smallest absolute Gasteiger partial charge is 0.338 e. The van der Waals surface area contributed by atoms with Gasteiger partial charge in [0.15, 0.2) is 0 Å². The zero-order valence-corrected chi connectivity index (χ0v) is 20.1. The predicted octanol–water partition coefficient (Wildman–Crippen LogP) is 5.06. The summed E-state index contributed by atoms with van der Waals surface area (Å²) in [6, 6.07) is 19.0. The van der Waals surface area contributed by atoms with Crippen LogP contribution in [-0.2, 0) is 20.9 Å². The van der Waals surface area contributed by atoms with Crippen molar-refractivity contribution in [2.45, 2.75) is 13.0 Å². The quantitative estimate of drug-likeness (QED) is 0.143. The van der Waals surface area contributed by atoms with Gasteiger partial charge in [0.2, 0.25) is 11.8 Å². The number of allylic oxidation sites excluding steroid dienone is 2. The molecular weight excluding hydrogens is 488 g/mol. The molecule has 1 saturated heterocycles. The number of benzene rings is 3. The number of nitrogens with zero attached hydrogens (tertiary/aromatic N) is 2. The highest BCUT2D eigenvalue weighted by Crippen LogP contribution is 2.53. The number of carbonyl (C=O) groups is 3. The van der Waals surface area contributed by atoms with E-state index in [-0.39, 0.29) is 47.8 Å². The number of fused-ring (bicyclic) bond motifs is 5. The number of ether oxygens (including phenoxy) is 2. The molecule has 0 N–H and O–H groups in total. The van der Waals surface area contributed by atoms with Gasteiger partial charge in [0, 0.05) is 12.1 Å². The number of non-ortho nitro benzene ring substituents is 1. The minimum Gasteiger partial charge on any atom is -0.457 e.